The number of nitrogens with zero attached hydrogens (tertiary/aromatic N) is 3. The first-order valence-corrected chi connectivity index (χ1v) is 14.5. The van der Waals surface area contributed by atoms with Crippen LogP contribution in [0.3, 0.4) is 0 Å². The summed E-state index contributed by atoms with van der Waals surface area (Å²) in [4.78, 5) is 33.7. The molecule has 0 radical (unpaired) electrons. The van der Waals surface area contributed by atoms with E-state index >= 15 is 4.39 Å². The van der Waals surface area contributed by atoms with Crippen molar-refractivity contribution in [3.05, 3.63) is 100 Å². The van der Waals surface area contributed by atoms with Gasteiger partial charge in [-0.1, -0.05) is 61.8 Å². The van der Waals surface area contributed by atoms with Crippen molar-refractivity contribution in [2.45, 2.75) is 32.7 Å². The van der Waals surface area contributed by atoms with Crippen LogP contribution in [0, 0.1) is 11.2 Å². The molecule has 6 nitrogen and oxygen atoms in total. The van der Waals surface area contributed by atoms with Crippen LogP contribution in [-0.4, -0.2) is 49.3 Å². The molecular weight excluding hydrogens is 539 g/mol. The molecule has 2 aliphatic heterocycles. The molecule has 1 aliphatic carbocycles. The van der Waals surface area contributed by atoms with Crippen molar-refractivity contribution in [2.24, 2.45) is 5.41 Å². The number of ketones is 1. The van der Waals surface area contributed by atoms with Gasteiger partial charge in [0.05, 0.1) is 24.0 Å². The highest BCUT2D eigenvalue weighted by Gasteiger charge is 2.43. The maximum Gasteiger partial charge on any atom is 0.242 e. The lowest BCUT2D eigenvalue weighted by atomic mass is 9.73. The number of Topliss-reactive ketones (excluding diaryl/α,β-unsaturated/α-hetero) is 1. The summed E-state index contributed by atoms with van der Waals surface area (Å²) in [6, 6.07) is 21.3. The van der Waals surface area contributed by atoms with Crippen LogP contribution in [0.4, 0.5) is 21.5 Å². The highest BCUT2D eigenvalue weighted by atomic mass is 35.5. The number of piperazine rings is 1. The summed E-state index contributed by atoms with van der Waals surface area (Å²) in [7, 11) is 0. The number of hydrogen-bond donors (Lipinski definition) is 1. The van der Waals surface area contributed by atoms with Crippen LogP contribution in [0.2, 0.25) is 5.02 Å². The van der Waals surface area contributed by atoms with Crippen LogP contribution >= 0.6 is 11.6 Å². The Morgan fingerprint density at radius 1 is 0.976 bits per heavy atom. The second-order valence-corrected chi connectivity index (χ2v) is 12.3. The van der Waals surface area contributed by atoms with Crippen LogP contribution in [0.1, 0.15) is 38.3 Å². The van der Waals surface area contributed by atoms with Gasteiger partial charge in [-0.05, 0) is 48.2 Å². The van der Waals surface area contributed by atoms with Crippen LogP contribution in [-0.2, 0) is 9.59 Å². The number of para-hydroxylation sites is 2. The molecule has 2 heterocycles. The SMILES string of the molecule is CC1(C)CC(=O)C2=C(C1)Nc1ccccc1N(CC(=O)N1CCN(c3cccc(Cl)c3)CC1)C2c1ccccc1F. The predicted octanol–water partition coefficient (Wildman–Crippen LogP) is 6.44. The number of allylic oxidation sites excluding steroid dienone is 1. The third-order valence-corrected chi connectivity index (χ3v) is 8.55. The first-order valence-electron chi connectivity index (χ1n) is 14.1. The second-order valence-electron chi connectivity index (χ2n) is 11.9. The third kappa shape index (κ3) is 5.43. The molecule has 3 aromatic carbocycles. The van der Waals surface area contributed by atoms with E-state index in [1.54, 1.807) is 18.2 Å². The largest absolute Gasteiger partial charge is 0.368 e. The van der Waals surface area contributed by atoms with Crippen LogP contribution in [0.5, 0.6) is 0 Å². The normalized spacial score (nSPS) is 20.2. The molecule has 1 amide bonds. The topological polar surface area (TPSA) is 55.9 Å². The van der Waals surface area contributed by atoms with Gasteiger partial charge in [0.2, 0.25) is 5.91 Å². The van der Waals surface area contributed by atoms with Crippen molar-refractivity contribution in [3.63, 3.8) is 0 Å². The number of hydrogen-bond acceptors (Lipinski definition) is 5. The molecule has 1 unspecified atom stereocenters. The van der Waals surface area contributed by atoms with Gasteiger partial charge in [0.1, 0.15) is 5.82 Å². The maximum atomic E-state index is 15.5. The van der Waals surface area contributed by atoms with Crippen LogP contribution in [0.25, 0.3) is 0 Å². The van der Waals surface area contributed by atoms with Gasteiger partial charge in [-0.2, -0.15) is 0 Å². The van der Waals surface area contributed by atoms with Crippen LogP contribution in [0.15, 0.2) is 84.1 Å². The monoisotopic (exact) mass is 572 g/mol. The molecule has 0 saturated carbocycles. The number of carbonyl (C=O) groups excluding carboxylic acids is 2. The Morgan fingerprint density at radius 2 is 1.71 bits per heavy atom. The predicted molar refractivity (Wildman–Crippen MR) is 162 cm³/mol. The smallest absolute Gasteiger partial charge is 0.242 e. The minimum atomic E-state index is -0.734. The lowest BCUT2D eigenvalue weighted by Gasteiger charge is -2.40. The number of fused-ring (bicyclic) bond motifs is 1. The Kier molecular flexibility index (Phi) is 7.24. The van der Waals surface area contributed by atoms with E-state index in [2.05, 4.69) is 24.1 Å². The molecule has 1 atom stereocenters. The van der Waals surface area contributed by atoms with Gasteiger partial charge in [0.25, 0.3) is 0 Å². The lowest BCUT2D eigenvalue weighted by molar-refractivity contribution is -0.130. The highest BCUT2D eigenvalue weighted by molar-refractivity contribution is 6.30. The van der Waals surface area contributed by atoms with Gasteiger partial charge in [-0.15, -0.1) is 0 Å². The molecule has 3 aliphatic rings. The number of halogens is 2. The number of anilines is 3. The number of rotatable bonds is 4. The van der Waals surface area contributed by atoms with E-state index in [0.717, 1.165) is 22.8 Å². The van der Waals surface area contributed by atoms with E-state index in [-0.39, 0.29) is 23.7 Å². The number of nitrogens with one attached hydrogen (secondary N) is 1. The fourth-order valence-electron chi connectivity index (χ4n) is 6.38. The Morgan fingerprint density at radius 3 is 2.46 bits per heavy atom. The van der Waals surface area contributed by atoms with E-state index < -0.39 is 11.9 Å². The van der Waals surface area contributed by atoms with Crippen molar-refractivity contribution in [2.75, 3.05) is 47.8 Å². The fraction of sp³-hybridized carbons (Fsp3) is 0.333. The molecule has 3 aromatic rings. The number of benzene rings is 3. The minimum Gasteiger partial charge on any atom is -0.368 e. The van der Waals surface area contributed by atoms with Gasteiger partial charge in [0, 0.05) is 60.1 Å². The quantitative estimate of drug-likeness (QED) is 0.390. The van der Waals surface area contributed by atoms with Gasteiger partial charge in [-0.25, -0.2) is 4.39 Å². The summed E-state index contributed by atoms with van der Waals surface area (Å²) in [5.41, 5.74) is 4.13. The summed E-state index contributed by atoms with van der Waals surface area (Å²) >= 11 is 6.20. The molecule has 8 heteroatoms. The molecule has 212 valence electrons. The van der Waals surface area contributed by atoms with Gasteiger partial charge in [0.15, 0.2) is 5.78 Å². The van der Waals surface area contributed by atoms with Crippen molar-refractivity contribution in [3.8, 4) is 0 Å². The minimum absolute atomic E-state index is 0.0162. The fourth-order valence-corrected chi connectivity index (χ4v) is 6.56. The Balaban J connectivity index is 1.35. The van der Waals surface area contributed by atoms with E-state index in [0.29, 0.717) is 55.2 Å². The molecule has 0 aromatic heterocycles. The molecule has 1 N–H and O–H groups in total. The van der Waals surface area contributed by atoms with E-state index in [1.165, 1.54) is 6.07 Å². The van der Waals surface area contributed by atoms with Crippen molar-refractivity contribution in [1.82, 2.24) is 4.90 Å². The van der Waals surface area contributed by atoms with Gasteiger partial charge in [-0.3, -0.25) is 9.59 Å². The van der Waals surface area contributed by atoms with Crippen molar-refractivity contribution >= 4 is 40.4 Å². The molecule has 0 spiro atoms. The van der Waals surface area contributed by atoms with Crippen molar-refractivity contribution in [1.29, 1.82) is 0 Å². The summed E-state index contributed by atoms with van der Waals surface area (Å²) in [5, 5.41) is 4.21. The first kappa shape index (κ1) is 27.3. The Labute approximate surface area is 245 Å². The number of amides is 1. The van der Waals surface area contributed by atoms with E-state index in [1.807, 2.05) is 58.3 Å². The zero-order valence-corrected chi connectivity index (χ0v) is 24.1. The molecule has 1 saturated heterocycles. The summed E-state index contributed by atoms with van der Waals surface area (Å²) < 4.78 is 15.5. The van der Waals surface area contributed by atoms with E-state index in [9.17, 15) is 9.59 Å². The first-order chi connectivity index (χ1) is 19.7. The van der Waals surface area contributed by atoms with Crippen molar-refractivity contribution < 1.29 is 14.0 Å². The molecule has 1 fully saturated rings. The summed E-state index contributed by atoms with van der Waals surface area (Å²) in [6.45, 7) is 6.66. The average Bonchev–Trinajstić information content (AvgIpc) is 3.07. The lowest BCUT2D eigenvalue weighted by Crippen LogP contribution is -2.52. The second kappa shape index (κ2) is 10.9. The van der Waals surface area contributed by atoms with E-state index in [4.69, 9.17) is 11.6 Å². The standard InChI is InChI=1S/C33H34ClFN4O2/c1-33(2)19-27-31(29(40)20-33)32(24-10-3-4-11-25(24)35)39(28-13-6-5-12-26(28)36-27)21-30(41)38-16-14-37(15-17-38)23-9-7-8-22(34)18-23/h3-13,18,32,36H,14-17,19-21H2,1-2H3. The zero-order valence-electron chi connectivity index (χ0n) is 23.4. The molecule has 6 rings (SSSR count). The summed E-state index contributed by atoms with van der Waals surface area (Å²) in [5.74, 6) is -0.467. The number of carbonyl (C=O) groups is 2. The van der Waals surface area contributed by atoms with Gasteiger partial charge >= 0.3 is 0 Å². The zero-order chi connectivity index (χ0) is 28.7. The molecule has 41 heavy (non-hydrogen) atoms. The van der Waals surface area contributed by atoms with Crippen LogP contribution < -0.4 is 15.1 Å². The highest BCUT2D eigenvalue weighted by Crippen LogP contribution is 2.48. The maximum absolute atomic E-state index is 15.5. The van der Waals surface area contributed by atoms with Gasteiger partial charge < -0.3 is 20.0 Å². The summed E-state index contributed by atoms with van der Waals surface area (Å²) in [6.07, 6.45) is 1.02. The Hall–Kier alpha value is -3.84. The third-order valence-electron chi connectivity index (χ3n) is 8.32. The molecular formula is C33H34ClFN4O2. The average molecular weight is 573 g/mol. The molecule has 0 bridgehead atoms. The Bertz CT molecular complexity index is 1530.